The molecule has 140 valence electrons. The van der Waals surface area contributed by atoms with Crippen LogP contribution in [0, 0.1) is 6.92 Å². The van der Waals surface area contributed by atoms with Gasteiger partial charge in [-0.3, -0.25) is 4.79 Å². The quantitative estimate of drug-likeness (QED) is 0.744. The summed E-state index contributed by atoms with van der Waals surface area (Å²) in [6.45, 7) is 6.12. The van der Waals surface area contributed by atoms with Crippen molar-refractivity contribution in [2.75, 3.05) is 24.3 Å². The molecule has 0 aliphatic rings. The molecule has 0 saturated heterocycles. The van der Waals surface area contributed by atoms with E-state index in [0.717, 1.165) is 22.6 Å². The lowest BCUT2D eigenvalue weighted by molar-refractivity contribution is 0.102. The van der Waals surface area contributed by atoms with Crippen LogP contribution in [-0.4, -0.2) is 34.8 Å². The number of aromatic nitrogens is 3. The van der Waals surface area contributed by atoms with Crippen LogP contribution in [0.4, 0.5) is 11.4 Å². The zero-order valence-corrected chi connectivity index (χ0v) is 16.4. The van der Waals surface area contributed by atoms with Crippen LogP contribution in [0.1, 0.15) is 41.4 Å². The van der Waals surface area contributed by atoms with Gasteiger partial charge in [-0.25, -0.2) is 9.67 Å². The molecule has 0 bridgehead atoms. The molecule has 27 heavy (non-hydrogen) atoms. The Morgan fingerprint density at radius 2 is 1.96 bits per heavy atom. The van der Waals surface area contributed by atoms with Crippen molar-refractivity contribution in [3.63, 3.8) is 0 Å². The maximum Gasteiger partial charge on any atom is 0.259 e. The van der Waals surface area contributed by atoms with Crippen LogP contribution in [0.2, 0.25) is 0 Å². The van der Waals surface area contributed by atoms with E-state index < -0.39 is 0 Å². The second-order valence-electron chi connectivity index (χ2n) is 7.05. The number of hydrogen-bond acceptors (Lipinski definition) is 4. The molecule has 3 aromatic rings. The summed E-state index contributed by atoms with van der Waals surface area (Å²) < 4.78 is 1.74. The molecule has 1 N–H and O–H groups in total. The van der Waals surface area contributed by atoms with Crippen LogP contribution >= 0.6 is 0 Å². The van der Waals surface area contributed by atoms with Gasteiger partial charge in [0.1, 0.15) is 0 Å². The van der Waals surface area contributed by atoms with Crippen LogP contribution in [0.15, 0.2) is 48.8 Å². The standard InChI is InChI=1S/C21H25N5O/c1-14(2)20-17(13-23-26(20)19-8-6-7-11-22-19)21(27)24-16-9-10-18(25(4)5)15(3)12-16/h6-14H,1-5H3,(H,24,27). The monoisotopic (exact) mass is 363 g/mol. The highest BCUT2D eigenvalue weighted by atomic mass is 16.1. The average molecular weight is 363 g/mol. The fourth-order valence-electron chi connectivity index (χ4n) is 3.18. The second kappa shape index (κ2) is 7.61. The molecule has 0 unspecified atom stereocenters. The third-order valence-corrected chi connectivity index (χ3v) is 4.40. The molecule has 0 aliphatic carbocycles. The molecule has 0 fully saturated rings. The van der Waals surface area contributed by atoms with Crippen LogP contribution in [-0.2, 0) is 0 Å². The van der Waals surface area contributed by atoms with Crippen molar-refractivity contribution in [3.8, 4) is 5.82 Å². The molecule has 0 radical (unpaired) electrons. The molecule has 6 heteroatoms. The van der Waals surface area contributed by atoms with E-state index >= 15 is 0 Å². The predicted octanol–water partition coefficient (Wildman–Crippen LogP) is 4.02. The van der Waals surface area contributed by atoms with Crippen molar-refractivity contribution >= 4 is 17.3 Å². The summed E-state index contributed by atoms with van der Waals surface area (Å²) in [4.78, 5) is 19.3. The minimum absolute atomic E-state index is 0.119. The second-order valence-corrected chi connectivity index (χ2v) is 7.05. The van der Waals surface area contributed by atoms with E-state index in [1.54, 1.807) is 17.1 Å². The Morgan fingerprint density at radius 1 is 1.19 bits per heavy atom. The Bertz CT molecular complexity index is 944. The van der Waals surface area contributed by atoms with Gasteiger partial charge < -0.3 is 10.2 Å². The first-order valence-electron chi connectivity index (χ1n) is 8.97. The molecule has 0 aliphatic heterocycles. The van der Waals surface area contributed by atoms with Gasteiger partial charge in [0.05, 0.1) is 17.5 Å². The number of carbonyl (C=O) groups is 1. The zero-order valence-electron chi connectivity index (χ0n) is 16.4. The molecule has 3 rings (SSSR count). The number of nitrogens with zero attached hydrogens (tertiary/aromatic N) is 4. The predicted molar refractivity (Wildman–Crippen MR) is 109 cm³/mol. The van der Waals surface area contributed by atoms with E-state index in [-0.39, 0.29) is 11.8 Å². The normalized spacial score (nSPS) is 10.9. The van der Waals surface area contributed by atoms with E-state index in [9.17, 15) is 4.79 Å². The topological polar surface area (TPSA) is 63.1 Å². The first-order valence-corrected chi connectivity index (χ1v) is 8.97. The number of benzene rings is 1. The Balaban J connectivity index is 1.91. The van der Waals surface area contributed by atoms with Gasteiger partial charge in [-0.1, -0.05) is 19.9 Å². The van der Waals surface area contributed by atoms with Gasteiger partial charge in [-0.05, 0) is 48.7 Å². The Morgan fingerprint density at radius 3 is 2.56 bits per heavy atom. The highest BCUT2D eigenvalue weighted by Crippen LogP contribution is 2.25. The van der Waals surface area contributed by atoms with E-state index in [4.69, 9.17) is 0 Å². The number of anilines is 2. The van der Waals surface area contributed by atoms with Gasteiger partial charge in [0.15, 0.2) is 5.82 Å². The number of nitrogens with one attached hydrogen (secondary N) is 1. The van der Waals surface area contributed by atoms with Gasteiger partial charge >= 0.3 is 0 Å². The first kappa shape index (κ1) is 18.6. The number of carbonyl (C=O) groups excluding carboxylic acids is 1. The van der Waals surface area contributed by atoms with Gasteiger partial charge in [0.25, 0.3) is 5.91 Å². The molecule has 0 spiro atoms. The molecule has 0 atom stereocenters. The number of aryl methyl sites for hydroxylation is 1. The minimum Gasteiger partial charge on any atom is -0.377 e. The van der Waals surface area contributed by atoms with Gasteiger partial charge in [-0.2, -0.15) is 5.10 Å². The highest BCUT2D eigenvalue weighted by molar-refractivity contribution is 6.05. The maximum atomic E-state index is 12.9. The van der Waals surface area contributed by atoms with E-state index in [1.165, 1.54) is 0 Å². The lowest BCUT2D eigenvalue weighted by Crippen LogP contribution is -2.16. The molecule has 1 aromatic carbocycles. The molecular formula is C21H25N5O. The highest BCUT2D eigenvalue weighted by Gasteiger charge is 2.21. The number of amides is 1. The van der Waals surface area contributed by atoms with Crippen molar-refractivity contribution in [2.24, 2.45) is 0 Å². The van der Waals surface area contributed by atoms with E-state index in [2.05, 4.69) is 20.3 Å². The Hall–Kier alpha value is -3.15. The third-order valence-electron chi connectivity index (χ3n) is 4.40. The Labute approximate surface area is 159 Å². The van der Waals surface area contributed by atoms with Crippen molar-refractivity contribution in [2.45, 2.75) is 26.7 Å². The first-order chi connectivity index (χ1) is 12.9. The molecular weight excluding hydrogens is 338 g/mol. The fraction of sp³-hybridized carbons (Fsp3) is 0.286. The summed E-state index contributed by atoms with van der Waals surface area (Å²) in [5.41, 5.74) is 4.39. The molecule has 2 heterocycles. The Kier molecular flexibility index (Phi) is 5.26. The number of pyridine rings is 1. The van der Waals surface area contributed by atoms with Gasteiger partial charge in [0, 0.05) is 31.7 Å². The summed E-state index contributed by atoms with van der Waals surface area (Å²) in [7, 11) is 4.00. The van der Waals surface area contributed by atoms with E-state index in [1.807, 2.05) is 71.3 Å². The summed E-state index contributed by atoms with van der Waals surface area (Å²) in [6.07, 6.45) is 3.33. The van der Waals surface area contributed by atoms with Crippen molar-refractivity contribution in [1.82, 2.24) is 14.8 Å². The maximum absolute atomic E-state index is 12.9. The zero-order chi connectivity index (χ0) is 19.6. The molecule has 6 nitrogen and oxygen atoms in total. The lowest BCUT2D eigenvalue weighted by atomic mass is 10.0. The van der Waals surface area contributed by atoms with Crippen LogP contribution in [0.25, 0.3) is 5.82 Å². The smallest absolute Gasteiger partial charge is 0.259 e. The van der Waals surface area contributed by atoms with Crippen LogP contribution < -0.4 is 10.2 Å². The average Bonchev–Trinajstić information content (AvgIpc) is 3.07. The summed E-state index contributed by atoms with van der Waals surface area (Å²) in [5, 5.41) is 7.41. The van der Waals surface area contributed by atoms with Gasteiger partial charge in [-0.15, -0.1) is 0 Å². The summed E-state index contributed by atoms with van der Waals surface area (Å²) in [6, 6.07) is 11.5. The SMILES string of the molecule is Cc1cc(NC(=O)c2cnn(-c3ccccn3)c2C(C)C)ccc1N(C)C. The number of rotatable bonds is 5. The van der Waals surface area contributed by atoms with Crippen molar-refractivity contribution in [1.29, 1.82) is 0 Å². The summed E-state index contributed by atoms with van der Waals surface area (Å²) in [5.74, 6) is 0.650. The third kappa shape index (κ3) is 3.84. The lowest BCUT2D eigenvalue weighted by Gasteiger charge is -2.17. The molecule has 1 amide bonds. The van der Waals surface area contributed by atoms with Crippen molar-refractivity contribution in [3.05, 3.63) is 65.6 Å². The van der Waals surface area contributed by atoms with Gasteiger partial charge in [0.2, 0.25) is 0 Å². The van der Waals surface area contributed by atoms with Crippen molar-refractivity contribution < 1.29 is 4.79 Å². The largest absolute Gasteiger partial charge is 0.377 e. The number of hydrogen-bond donors (Lipinski definition) is 1. The summed E-state index contributed by atoms with van der Waals surface area (Å²) >= 11 is 0. The van der Waals surface area contributed by atoms with Crippen LogP contribution in [0.5, 0.6) is 0 Å². The fourth-order valence-corrected chi connectivity index (χ4v) is 3.18. The molecule has 2 aromatic heterocycles. The minimum atomic E-state index is -0.169. The van der Waals surface area contributed by atoms with E-state index in [0.29, 0.717) is 11.4 Å². The van der Waals surface area contributed by atoms with Crippen LogP contribution in [0.3, 0.4) is 0 Å². The molecule has 0 saturated carbocycles.